The van der Waals surface area contributed by atoms with E-state index in [9.17, 15) is 14.4 Å². The Bertz CT molecular complexity index is 973. The highest BCUT2D eigenvalue weighted by Crippen LogP contribution is 2.22. The average Bonchev–Trinajstić information content (AvgIpc) is 2.73. The standard InChI is InChI=1S/C23H30N2O5/c1-5-8-9-10-11-20(24-30-16(4)26)22(27)19-14-17-12-13-18(25(6-2)7-3)15-21(17)29-23(19)28/h12-15H,5-11H2,1-4H3/b24-20+. The van der Waals surface area contributed by atoms with Crippen LogP contribution in [0.4, 0.5) is 5.69 Å². The molecule has 7 nitrogen and oxygen atoms in total. The molecule has 1 aromatic carbocycles. The van der Waals surface area contributed by atoms with Crippen molar-refractivity contribution < 1.29 is 18.8 Å². The molecular formula is C23H30N2O5. The zero-order valence-electron chi connectivity index (χ0n) is 18.2. The summed E-state index contributed by atoms with van der Waals surface area (Å²) in [6.45, 7) is 9.06. The van der Waals surface area contributed by atoms with Crippen LogP contribution in [0.2, 0.25) is 0 Å². The van der Waals surface area contributed by atoms with Crippen LogP contribution >= 0.6 is 0 Å². The topological polar surface area (TPSA) is 89.2 Å². The van der Waals surface area contributed by atoms with Crippen molar-refractivity contribution >= 4 is 34.1 Å². The third-order valence-corrected chi connectivity index (χ3v) is 4.91. The molecule has 0 radical (unpaired) electrons. The molecule has 0 aliphatic rings. The second kappa shape index (κ2) is 11.3. The van der Waals surface area contributed by atoms with Crippen molar-refractivity contribution in [3.05, 3.63) is 40.2 Å². The molecule has 162 valence electrons. The number of carbonyl (C=O) groups excluding carboxylic acids is 2. The van der Waals surface area contributed by atoms with E-state index in [2.05, 4.69) is 35.7 Å². The normalized spacial score (nSPS) is 11.5. The monoisotopic (exact) mass is 414 g/mol. The Morgan fingerprint density at radius 1 is 1.07 bits per heavy atom. The van der Waals surface area contributed by atoms with Crippen molar-refractivity contribution in [3.63, 3.8) is 0 Å². The third-order valence-electron chi connectivity index (χ3n) is 4.91. The Morgan fingerprint density at radius 3 is 2.43 bits per heavy atom. The number of Topliss-reactive ketones (excluding diaryl/α,β-unsaturated/α-hetero) is 1. The number of hydrogen-bond donors (Lipinski definition) is 0. The fourth-order valence-corrected chi connectivity index (χ4v) is 3.24. The summed E-state index contributed by atoms with van der Waals surface area (Å²) < 4.78 is 5.45. The molecule has 0 aliphatic carbocycles. The largest absolute Gasteiger partial charge is 0.422 e. The van der Waals surface area contributed by atoms with E-state index >= 15 is 0 Å². The summed E-state index contributed by atoms with van der Waals surface area (Å²) in [5.74, 6) is -1.19. The first-order valence-corrected chi connectivity index (χ1v) is 10.5. The molecule has 1 heterocycles. The molecule has 1 aromatic heterocycles. The van der Waals surface area contributed by atoms with Crippen molar-refractivity contribution in [1.29, 1.82) is 0 Å². The highest BCUT2D eigenvalue weighted by Gasteiger charge is 2.21. The molecule has 0 unspecified atom stereocenters. The van der Waals surface area contributed by atoms with Crippen molar-refractivity contribution in [2.75, 3.05) is 18.0 Å². The Labute approximate surface area is 176 Å². The fourth-order valence-electron chi connectivity index (χ4n) is 3.24. The first-order chi connectivity index (χ1) is 14.4. The molecule has 0 N–H and O–H groups in total. The lowest BCUT2D eigenvalue weighted by Crippen LogP contribution is -2.23. The van der Waals surface area contributed by atoms with E-state index in [1.807, 2.05) is 12.1 Å². The van der Waals surface area contributed by atoms with Crippen molar-refractivity contribution in [3.8, 4) is 0 Å². The van der Waals surface area contributed by atoms with E-state index in [-0.39, 0.29) is 11.3 Å². The van der Waals surface area contributed by atoms with Gasteiger partial charge in [-0.1, -0.05) is 31.3 Å². The van der Waals surface area contributed by atoms with Crippen LogP contribution in [-0.4, -0.2) is 30.6 Å². The zero-order valence-corrected chi connectivity index (χ0v) is 18.2. The molecule has 0 aliphatic heterocycles. The van der Waals surface area contributed by atoms with Crippen molar-refractivity contribution in [1.82, 2.24) is 0 Å². The molecule has 0 bridgehead atoms. The lowest BCUT2D eigenvalue weighted by Gasteiger charge is -2.21. The van der Waals surface area contributed by atoms with Crippen LogP contribution in [0.3, 0.4) is 0 Å². The number of unbranched alkanes of at least 4 members (excludes halogenated alkanes) is 3. The molecule has 0 saturated carbocycles. The van der Waals surface area contributed by atoms with E-state index < -0.39 is 17.4 Å². The summed E-state index contributed by atoms with van der Waals surface area (Å²) in [7, 11) is 0. The van der Waals surface area contributed by atoms with Crippen molar-refractivity contribution in [2.24, 2.45) is 5.16 Å². The van der Waals surface area contributed by atoms with E-state index in [1.165, 1.54) is 13.0 Å². The molecule has 0 saturated heterocycles. The zero-order chi connectivity index (χ0) is 22.1. The van der Waals surface area contributed by atoms with Crippen LogP contribution in [0.25, 0.3) is 11.0 Å². The summed E-state index contributed by atoms with van der Waals surface area (Å²) in [5.41, 5.74) is 0.575. The van der Waals surface area contributed by atoms with E-state index in [1.54, 1.807) is 6.07 Å². The van der Waals surface area contributed by atoms with E-state index in [0.29, 0.717) is 23.8 Å². The number of anilines is 1. The lowest BCUT2D eigenvalue weighted by molar-refractivity contribution is -0.140. The predicted molar refractivity (Wildman–Crippen MR) is 118 cm³/mol. The minimum atomic E-state index is -0.728. The summed E-state index contributed by atoms with van der Waals surface area (Å²) in [6.07, 6.45) is 4.04. The summed E-state index contributed by atoms with van der Waals surface area (Å²) in [6, 6.07) is 7.08. The summed E-state index contributed by atoms with van der Waals surface area (Å²) >= 11 is 0. The van der Waals surface area contributed by atoms with Crippen LogP contribution < -0.4 is 10.5 Å². The molecule has 2 rings (SSSR count). The van der Waals surface area contributed by atoms with Crippen molar-refractivity contribution in [2.45, 2.75) is 59.8 Å². The van der Waals surface area contributed by atoms with Gasteiger partial charge in [0.05, 0.1) is 0 Å². The van der Waals surface area contributed by atoms with Gasteiger partial charge < -0.3 is 14.2 Å². The maximum absolute atomic E-state index is 13.0. The highest BCUT2D eigenvalue weighted by atomic mass is 16.7. The maximum Gasteiger partial charge on any atom is 0.347 e. The van der Waals surface area contributed by atoms with Crippen LogP contribution in [-0.2, 0) is 9.63 Å². The van der Waals surface area contributed by atoms with Gasteiger partial charge in [-0.15, -0.1) is 0 Å². The predicted octanol–water partition coefficient (Wildman–Crippen LogP) is 4.71. The first kappa shape index (κ1) is 23.3. The van der Waals surface area contributed by atoms with Gasteiger partial charge in [0.25, 0.3) is 0 Å². The number of ketones is 1. The van der Waals surface area contributed by atoms with Gasteiger partial charge in [0.2, 0.25) is 5.78 Å². The Balaban J connectivity index is 2.37. The minimum absolute atomic E-state index is 0.0488. The van der Waals surface area contributed by atoms with E-state index in [4.69, 9.17) is 4.42 Å². The molecule has 0 atom stereocenters. The highest BCUT2D eigenvalue weighted by molar-refractivity contribution is 6.46. The quantitative estimate of drug-likeness (QED) is 0.132. The van der Waals surface area contributed by atoms with Crippen LogP contribution in [0, 0.1) is 0 Å². The van der Waals surface area contributed by atoms with Gasteiger partial charge in [0.1, 0.15) is 16.9 Å². The van der Waals surface area contributed by atoms with Gasteiger partial charge in [-0.3, -0.25) is 4.79 Å². The third kappa shape index (κ3) is 6.02. The average molecular weight is 415 g/mol. The number of benzene rings is 1. The molecule has 7 heteroatoms. The van der Waals surface area contributed by atoms with Crippen LogP contribution in [0.15, 0.2) is 38.6 Å². The second-order valence-corrected chi connectivity index (χ2v) is 7.10. The van der Waals surface area contributed by atoms with Gasteiger partial charge in [0, 0.05) is 37.2 Å². The Morgan fingerprint density at radius 2 is 1.80 bits per heavy atom. The number of oxime groups is 1. The van der Waals surface area contributed by atoms with Gasteiger partial charge in [-0.2, -0.15) is 0 Å². The fraction of sp³-hybridized carbons (Fsp3) is 0.478. The van der Waals surface area contributed by atoms with E-state index in [0.717, 1.165) is 38.0 Å². The van der Waals surface area contributed by atoms with Crippen LogP contribution in [0.5, 0.6) is 0 Å². The van der Waals surface area contributed by atoms with Gasteiger partial charge >= 0.3 is 11.6 Å². The van der Waals surface area contributed by atoms with Crippen LogP contribution in [0.1, 0.15) is 70.2 Å². The molecular weight excluding hydrogens is 384 g/mol. The van der Waals surface area contributed by atoms with Gasteiger partial charge in [-0.25, -0.2) is 9.59 Å². The maximum atomic E-state index is 13.0. The lowest BCUT2D eigenvalue weighted by atomic mass is 10.0. The molecule has 0 fully saturated rings. The minimum Gasteiger partial charge on any atom is -0.422 e. The van der Waals surface area contributed by atoms with Gasteiger partial charge in [-0.05, 0) is 44.9 Å². The number of carbonyl (C=O) groups is 2. The molecule has 0 spiro atoms. The number of fused-ring (bicyclic) bond motifs is 1. The summed E-state index contributed by atoms with van der Waals surface area (Å²) in [5, 5.41) is 4.35. The smallest absolute Gasteiger partial charge is 0.347 e. The Kier molecular flexibility index (Phi) is 8.77. The number of hydrogen-bond acceptors (Lipinski definition) is 7. The molecule has 2 aromatic rings. The number of rotatable bonds is 11. The Hall–Kier alpha value is -2.96. The number of nitrogens with zero attached hydrogens (tertiary/aromatic N) is 2. The summed E-state index contributed by atoms with van der Waals surface area (Å²) in [4.78, 5) is 43.5. The molecule has 0 amide bonds. The van der Waals surface area contributed by atoms with Gasteiger partial charge in [0.15, 0.2) is 0 Å². The molecule has 30 heavy (non-hydrogen) atoms. The SMILES string of the molecule is CCCCCC/C(=N\OC(C)=O)C(=O)c1cc2ccc(N(CC)CC)cc2oc1=O. The first-order valence-electron chi connectivity index (χ1n) is 10.5. The second-order valence-electron chi connectivity index (χ2n) is 7.10.